The molecule has 8 aliphatic heterocycles. The van der Waals surface area contributed by atoms with Gasteiger partial charge in [-0.25, -0.2) is 19.9 Å². The average Bonchev–Trinajstić information content (AvgIpc) is 1.55. The van der Waals surface area contributed by atoms with Gasteiger partial charge in [0.1, 0.15) is 22.8 Å². The number of pyridine rings is 6. The second-order valence-electron chi connectivity index (χ2n) is 35.0. The second kappa shape index (κ2) is 30.1. The minimum atomic E-state index is -0.123. The summed E-state index contributed by atoms with van der Waals surface area (Å²) in [4.78, 5) is 48.7. The van der Waals surface area contributed by atoms with E-state index in [-0.39, 0.29) is 27.9 Å². The van der Waals surface area contributed by atoms with Crippen molar-refractivity contribution in [2.24, 2.45) is 0 Å². The van der Waals surface area contributed by atoms with Gasteiger partial charge in [0.2, 0.25) is 0 Å². The van der Waals surface area contributed by atoms with E-state index in [1.807, 2.05) is 108 Å². The summed E-state index contributed by atoms with van der Waals surface area (Å²) in [6.45, 7) is -0.233. The van der Waals surface area contributed by atoms with Gasteiger partial charge in [0.25, 0.3) is 0 Å². The third-order valence-electron chi connectivity index (χ3n) is 28.0. The quantitative estimate of drug-likeness (QED) is 0.155. The molecule has 0 bridgehead atoms. The number of hydrogen-bond acceptors (Lipinski definition) is 18. The molecule has 0 amide bonds. The Morgan fingerprint density at radius 2 is 0.449 bits per heavy atom. The molecule has 10 aromatic heterocycles. The normalized spacial score (nSPS) is 13.7. The molecule has 0 aliphatic carbocycles. The Hall–Kier alpha value is -17.3. The number of nitrogens with zero attached hydrogens (tertiary/aromatic N) is 14. The molecule has 16 nitrogen and oxygen atoms in total. The van der Waals surface area contributed by atoms with Gasteiger partial charge in [0.05, 0.1) is 66.3 Å². The van der Waals surface area contributed by atoms with Crippen LogP contribution in [0.1, 0.15) is 0 Å². The zero-order valence-corrected chi connectivity index (χ0v) is 74.3. The summed E-state index contributed by atoms with van der Waals surface area (Å²) < 4.78 is 17.9. The Morgan fingerprint density at radius 3 is 0.831 bits per heavy atom. The summed E-state index contributed by atoms with van der Waals surface area (Å²) in [6.07, 6.45) is 11.5. The first kappa shape index (κ1) is 76.4. The van der Waals surface area contributed by atoms with Crippen molar-refractivity contribution in [1.82, 2.24) is 29.9 Å². The van der Waals surface area contributed by atoms with Crippen LogP contribution in [0, 0.1) is 0 Å². The van der Waals surface area contributed by atoms with E-state index >= 15 is 0 Å². The summed E-state index contributed by atoms with van der Waals surface area (Å²) >= 11 is 3.65. The van der Waals surface area contributed by atoms with Crippen molar-refractivity contribution in [3.05, 3.63) is 425 Å². The predicted molar refractivity (Wildman–Crippen MR) is 565 cm³/mol. The fourth-order valence-electron chi connectivity index (χ4n) is 22.5. The first-order chi connectivity index (χ1) is 67.6. The van der Waals surface area contributed by atoms with Gasteiger partial charge >= 0.3 is 27.9 Å². The number of aromatic nitrogens is 6. The van der Waals surface area contributed by atoms with Crippen molar-refractivity contribution in [1.29, 1.82) is 0 Å². The van der Waals surface area contributed by atoms with Crippen LogP contribution in [0.5, 0.6) is 0 Å². The predicted octanol–water partition coefficient (Wildman–Crippen LogP) is 26.3. The first-order valence-electron chi connectivity index (χ1n) is 45.8. The van der Waals surface area contributed by atoms with Crippen molar-refractivity contribution in [3.63, 3.8) is 0 Å². The molecule has 0 saturated carbocycles. The Morgan fingerprint density at radius 1 is 0.184 bits per heavy atom. The minimum absolute atomic E-state index is 0.00631. The number of anilines is 16. The van der Waals surface area contributed by atoms with Crippen LogP contribution in [0.25, 0.3) is 129 Å². The van der Waals surface area contributed by atoms with Gasteiger partial charge in [-0.1, -0.05) is 255 Å². The highest BCUT2D eigenvalue weighted by molar-refractivity contribution is 7.27. The molecule has 22 heteroatoms. The van der Waals surface area contributed by atoms with Crippen LogP contribution in [0.3, 0.4) is 0 Å². The fraction of sp³-hybridized carbons (Fsp3) is 0. The third-order valence-corrected chi connectivity index (χ3v) is 30.4. The smallest absolute Gasteiger partial charge is 0.424 e. The maximum absolute atomic E-state index is 6.43. The zero-order chi connectivity index (χ0) is 88.9. The van der Waals surface area contributed by atoms with E-state index in [1.54, 1.807) is 0 Å². The van der Waals surface area contributed by atoms with Crippen molar-refractivity contribution in [3.8, 4) is 44.8 Å². The molecule has 8 aliphatic rings. The molecule has 136 heavy (non-hydrogen) atoms. The van der Waals surface area contributed by atoms with Gasteiger partial charge in [0, 0.05) is 135 Å². The Labute approximate surface area is 789 Å². The van der Waals surface area contributed by atoms with E-state index in [2.05, 4.69) is 378 Å². The maximum atomic E-state index is 6.43. The maximum Gasteiger partial charge on any atom is 0.424 e. The topological polar surface area (TPSA) is 130 Å². The molecule has 14 aromatic carbocycles. The van der Waals surface area contributed by atoms with Gasteiger partial charge in [0.15, 0.2) is 22.8 Å². The molecule has 0 saturated heterocycles. The lowest BCUT2D eigenvalue weighted by molar-refractivity contribution is 0.667. The summed E-state index contributed by atoms with van der Waals surface area (Å²) in [6, 6.07) is 137. The number of rotatable bonds is 4. The molecule has 0 atom stereocenters. The molecular weight excluding hydrogens is 1700 g/mol. The number of hydrogen-bond donors (Lipinski definition) is 0. The number of thiophene rings is 2. The summed E-state index contributed by atoms with van der Waals surface area (Å²) in [5.41, 5.74) is 31.8. The van der Waals surface area contributed by atoms with Crippen LogP contribution in [-0.4, -0.2) is 57.8 Å². The second-order valence-corrected chi connectivity index (χ2v) is 37.1. The van der Waals surface area contributed by atoms with Crippen LogP contribution >= 0.6 is 22.7 Å². The highest BCUT2D eigenvalue weighted by atomic mass is 32.1. The van der Waals surface area contributed by atoms with Gasteiger partial charge < -0.3 is 47.3 Å². The molecule has 632 valence electrons. The summed E-state index contributed by atoms with van der Waals surface area (Å²) in [7, 11) is 0. The van der Waals surface area contributed by atoms with Gasteiger partial charge in [-0.05, 0) is 166 Å². The molecule has 0 N–H and O–H groups in total. The van der Waals surface area contributed by atoms with Crippen molar-refractivity contribution in [2.75, 3.05) is 38.5 Å². The molecule has 32 rings (SSSR count). The molecule has 0 radical (unpaired) electrons. The van der Waals surface area contributed by atoms with Crippen LogP contribution in [-0.2, 0) is 0 Å². The van der Waals surface area contributed by atoms with Crippen LogP contribution in [0.15, 0.2) is 434 Å². The minimum Gasteiger partial charge on any atom is -0.452 e. The average molecular weight is 1780 g/mol. The monoisotopic (exact) mass is 1770 g/mol. The molecular formula is C114H70B4N14O2S2. The Kier molecular flexibility index (Phi) is 16.9. The number of para-hydroxylation sites is 14. The fourth-order valence-corrected chi connectivity index (χ4v) is 24.9. The number of furan rings is 2. The van der Waals surface area contributed by atoms with Gasteiger partial charge in [-0.2, -0.15) is 0 Å². The van der Waals surface area contributed by atoms with Gasteiger partial charge in [-0.15, -0.1) is 22.7 Å². The van der Waals surface area contributed by atoms with E-state index in [1.165, 1.54) is 124 Å². The Balaban J connectivity index is 0.0000000879. The molecule has 0 spiro atoms. The zero-order valence-electron chi connectivity index (χ0n) is 72.6. The lowest BCUT2D eigenvalue weighted by Crippen LogP contribution is -2.56. The number of benzene rings is 14. The van der Waals surface area contributed by atoms with E-state index in [0.29, 0.717) is 0 Å². The first-order valence-corrected chi connectivity index (χ1v) is 47.4. The largest absolute Gasteiger partial charge is 0.452 e. The summed E-state index contributed by atoms with van der Waals surface area (Å²) in [5.74, 6) is 3.66. The van der Waals surface area contributed by atoms with E-state index in [4.69, 9.17) is 38.7 Å². The number of fused-ring (bicyclic) bond motifs is 44. The summed E-state index contributed by atoms with van der Waals surface area (Å²) in [5, 5.41) is 9.47. The van der Waals surface area contributed by atoms with Crippen molar-refractivity contribution in [2.45, 2.75) is 0 Å². The molecule has 0 fully saturated rings. The van der Waals surface area contributed by atoms with Crippen LogP contribution < -0.4 is 60.3 Å². The highest BCUT2D eigenvalue weighted by Crippen LogP contribution is 2.59. The molecule has 18 heterocycles. The standard InChI is InChI=1S/C29H18BN3O.C29H18BN3S.C28H17BN4O.C28H17BN4S/c2*1-4-12-23-19(9-1)20-10-2-5-13-24(20)32-25-14-6-7-15-26(25)33(30(23)32)29-28-22(17-18-31-29)21-11-3-8-16-27(21)34-28;2*1-3-11-22-20(9-1)26-21(10-7-16-30-26)29-32(22)23-12-4-5-13-24(23)33(29)28-27-19(15-17-31-28)18-8-2-6-14-25(18)34-27/h2*1-18H;2*1-17H. The highest BCUT2D eigenvalue weighted by Gasteiger charge is 2.54. The van der Waals surface area contributed by atoms with Crippen molar-refractivity contribution >= 4 is 248 Å². The molecule has 24 aromatic rings. The molecule has 0 unspecified atom stereocenters. The van der Waals surface area contributed by atoms with E-state index in [0.717, 1.165) is 118 Å². The van der Waals surface area contributed by atoms with E-state index in [9.17, 15) is 0 Å². The van der Waals surface area contributed by atoms with Crippen LogP contribution in [0.4, 0.5) is 91.5 Å². The van der Waals surface area contributed by atoms with Crippen LogP contribution in [0.2, 0.25) is 0 Å². The third kappa shape index (κ3) is 11.1. The van der Waals surface area contributed by atoms with Crippen molar-refractivity contribution < 1.29 is 8.83 Å². The van der Waals surface area contributed by atoms with Gasteiger partial charge in [-0.3, -0.25) is 9.97 Å². The SMILES string of the molecule is c1ccc2c(c1)B1N(c3ccccc3-2)c2ccccc2N1c1nccc2c1oc1ccccc12.c1ccc2c(c1)B1N(c3ccccc3-2)c2ccccc2N1c1nccc2c1sc1ccccc12.c1cnc2c(c1)B1N(c3ccccc3-2)c2ccccc2N1c1nccc2c1oc1ccccc12.c1cnc2c(c1)B1N(c3ccccc3-2)c2ccccc2N1c1nccc2c1sc1ccccc12. The lowest BCUT2D eigenvalue weighted by atomic mass is 9.59. The lowest BCUT2D eigenvalue weighted by Gasteiger charge is -2.36. The Bertz CT molecular complexity index is 8080. The van der Waals surface area contributed by atoms with E-state index < -0.39 is 0 Å².